The van der Waals surface area contributed by atoms with Crippen molar-refractivity contribution in [3.8, 4) is 0 Å². The molecule has 2 aliphatic rings. The van der Waals surface area contributed by atoms with Gasteiger partial charge >= 0.3 is 35.8 Å². The van der Waals surface area contributed by atoms with Crippen LogP contribution >= 0.6 is 0 Å². The molecule has 0 aromatic carbocycles. The van der Waals surface area contributed by atoms with Gasteiger partial charge < -0.3 is 47.7 Å². The third kappa shape index (κ3) is 9.11. The Hall–Kier alpha value is -3.34. The molecule has 0 aromatic rings. The lowest BCUT2D eigenvalue weighted by Crippen LogP contribution is -2.64. The molecule has 16 heteroatoms. The van der Waals surface area contributed by atoms with E-state index in [1.165, 1.54) is 6.92 Å². The van der Waals surface area contributed by atoms with Gasteiger partial charge in [0.25, 0.3) is 0 Å². The highest BCUT2D eigenvalue weighted by atomic mass is 16.7. The summed E-state index contributed by atoms with van der Waals surface area (Å²) in [5, 5.41) is 10.5. The van der Waals surface area contributed by atoms with E-state index >= 15 is 0 Å². The monoisotopic (exact) mass is 578 g/mol. The van der Waals surface area contributed by atoms with Crippen molar-refractivity contribution < 1.29 is 76.5 Å². The number of rotatable bonds is 9. The third-order valence-electron chi connectivity index (χ3n) is 5.57. The zero-order valence-electron chi connectivity index (χ0n) is 23.1. The van der Waals surface area contributed by atoms with Crippen LogP contribution in [0.2, 0.25) is 0 Å². The van der Waals surface area contributed by atoms with Crippen LogP contribution in [0.3, 0.4) is 0 Å². The molecule has 10 atom stereocenters. The Balaban J connectivity index is 2.38. The molecule has 2 heterocycles. The van der Waals surface area contributed by atoms with Crippen molar-refractivity contribution in [1.29, 1.82) is 0 Å². The van der Waals surface area contributed by atoms with Crippen LogP contribution < -0.4 is 0 Å². The van der Waals surface area contributed by atoms with Crippen LogP contribution in [0.5, 0.6) is 0 Å². The second kappa shape index (κ2) is 14.3. The maximum absolute atomic E-state index is 11.9. The fourth-order valence-electron chi connectivity index (χ4n) is 4.30. The lowest BCUT2D eigenvalue weighted by Gasteiger charge is -2.45. The van der Waals surface area contributed by atoms with Crippen molar-refractivity contribution in [2.45, 2.75) is 110 Å². The van der Waals surface area contributed by atoms with Gasteiger partial charge in [0.1, 0.15) is 6.10 Å². The fraction of sp³-hybridized carbons (Fsp3) is 0.750. The largest absolute Gasteiger partial charge is 0.456 e. The minimum absolute atomic E-state index is 0.542. The Bertz CT molecular complexity index is 889. The predicted molar refractivity (Wildman–Crippen MR) is 124 cm³/mol. The molecule has 0 amide bonds. The topological polar surface area (TPSA) is 206 Å². The first kappa shape index (κ1) is 32.9. The summed E-state index contributed by atoms with van der Waals surface area (Å²) in [7, 11) is 0. The summed E-state index contributed by atoms with van der Waals surface area (Å²) in [6.07, 6.45) is -14.0. The highest BCUT2D eigenvalue weighted by molar-refractivity contribution is 5.69. The summed E-state index contributed by atoms with van der Waals surface area (Å²) in [6, 6.07) is 0. The van der Waals surface area contributed by atoms with Gasteiger partial charge in [0.15, 0.2) is 49.2 Å². The zero-order valence-corrected chi connectivity index (χ0v) is 23.1. The van der Waals surface area contributed by atoms with Crippen molar-refractivity contribution >= 4 is 35.8 Å². The van der Waals surface area contributed by atoms with E-state index in [4.69, 9.17) is 42.6 Å². The molecule has 0 saturated carbocycles. The van der Waals surface area contributed by atoms with Crippen LogP contribution in [-0.2, 0) is 71.4 Å². The van der Waals surface area contributed by atoms with Crippen molar-refractivity contribution in [2.75, 3.05) is 6.61 Å². The number of carbonyl (C=O) groups excluding carboxylic acids is 6. The van der Waals surface area contributed by atoms with E-state index in [2.05, 4.69) is 0 Å². The van der Waals surface area contributed by atoms with Crippen molar-refractivity contribution in [3.05, 3.63) is 0 Å². The van der Waals surface area contributed by atoms with Crippen LogP contribution in [0.4, 0.5) is 0 Å². The molecule has 1 N–H and O–H groups in total. The minimum atomic E-state index is -1.84. The van der Waals surface area contributed by atoms with Gasteiger partial charge in [-0.25, -0.2) is 0 Å². The summed E-state index contributed by atoms with van der Waals surface area (Å²) in [4.78, 5) is 70.7. The number of aliphatic hydroxyl groups excluding tert-OH is 1. The molecule has 2 aliphatic heterocycles. The highest BCUT2D eigenvalue weighted by Crippen LogP contribution is 2.32. The standard InChI is InChI=1S/C24H34O16/c1-9-17(34-10(2)25)19(36-12(4)27)22(39-15(7)30)24(33-9)32-8-16-18(35-11(3)26)20(37-13(5)28)21(23(31)40-16)38-14(6)29/h9,16-24,31H,8H2,1-7H3/t9?,16?,17-,18+,19?,20?,21?,22?,23+,24+/m0/s1. The highest BCUT2D eigenvalue weighted by Gasteiger charge is 2.54. The molecule has 6 unspecified atom stereocenters. The van der Waals surface area contributed by atoms with Gasteiger partial charge in [0, 0.05) is 41.5 Å². The van der Waals surface area contributed by atoms with Crippen LogP contribution in [0, 0.1) is 0 Å². The van der Waals surface area contributed by atoms with E-state index in [1.54, 1.807) is 0 Å². The maximum atomic E-state index is 11.9. The van der Waals surface area contributed by atoms with E-state index in [-0.39, 0.29) is 0 Å². The molecule has 226 valence electrons. The van der Waals surface area contributed by atoms with E-state index < -0.39 is 104 Å². The molecule has 2 fully saturated rings. The number of hydrogen-bond acceptors (Lipinski definition) is 16. The molecular formula is C24H34O16. The van der Waals surface area contributed by atoms with Gasteiger partial charge in [-0.3, -0.25) is 28.8 Å². The quantitative estimate of drug-likeness (QED) is 0.259. The first-order valence-corrected chi connectivity index (χ1v) is 12.2. The minimum Gasteiger partial charge on any atom is -0.456 e. The van der Waals surface area contributed by atoms with E-state index in [9.17, 15) is 33.9 Å². The summed E-state index contributed by atoms with van der Waals surface area (Å²) in [6.45, 7) is 7.43. The molecule has 2 rings (SSSR count). The Morgan fingerprint density at radius 3 is 1.40 bits per heavy atom. The van der Waals surface area contributed by atoms with Crippen molar-refractivity contribution in [2.24, 2.45) is 0 Å². The third-order valence-corrected chi connectivity index (χ3v) is 5.57. The summed E-state index contributed by atoms with van der Waals surface area (Å²) in [5.41, 5.74) is 0. The van der Waals surface area contributed by atoms with E-state index in [1.807, 2.05) is 0 Å². The molecule has 0 radical (unpaired) electrons. The van der Waals surface area contributed by atoms with E-state index in [0.29, 0.717) is 0 Å². The smallest absolute Gasteiger partial charge is 0.303 e. The van der Waals surface area contributed by atoms with Gasteiger partial charge in [-0.15, -0.1) is 0 Å². The summed E-state index contributed by atoms with van der Waals surface area (Å²) < 4.78 is 48.5. The van der Waals surface area contributed by atoms with Gasteiger partial charge in [0.05, 0.1) is 12.7 Å². The van der Waals surface area contributed by atoms with Crippen LogP contribution in [0.25, 0.3) is 0 Å². The average Bonchev–Trinajstić information content (AvgIpc) is 2.79. The van der Waals surface area contributed by atoms with Gasteiger partial charge in [-0.2, -0.15) is 0 Å². The molecule has 0 bridgehead atoms. The lowest BCUT2D eigenvalue weighted by molar-refractivity contribution is -0.326. The van der Waals surface area contributed by atoms with Crippen molar-refractivity contribution in [1.82, 2.24) is 0 Å². The normalized spacial score (nSPS) is 33.6. The fourth-order valence-corrected chi connectivity index (χ4v) is 4.30. The zero-order chi connectivity index (χ0) is 30.3. The molecule has 0 spiro atoms. The van der Waals surface area contributed by atoms with Crippen LogP contribution in [-0.4, -0.2) is 109 Å². The first-order valence-electron chi connectivity index (χ1n) is 12.2. The Kier molecular flexibility index (Phi) is 11.8. The molecule has 0 aromatic heterocycles. The Labute approximate surface area is 229 Å². The second-order valence-electron chi connectivity index (χ2n) is 9.05. The second-order valence-corrected chi connectivity index (χ2v) is 9.05. The number of aliphatic hydroxyl groups is 1. The van der Waals surface area contributed by atoms with Crippen molar-refractivity contribution in [3.63, 3.8) is 0 Å². The molecule has 2 saturated heterocycles. The van der Waals surface area contributed by atoms with Gasteiger partial charge in [-0.05, 0) is 6.92 Å². The molecule has 0 aliphatic carbocycles. The predicted octanol–water partition coefficient (Wildman–Crippen LogP) is -0.945. The number of hydrogen-bond donors (Lipinski definition) is 1. The van der Waals surface area contributed by atoms with Crippen LogP contribution in [0.15, 0.2) is 0 Å². The van der Waals surface area contributed by atoms with Gasteiger partial charge in [0.2, 0.25) is 0 Å². The first-order chi connectivity index (χ1) is 18.6. The molecule has 16 nitrogen and oxygen atoms in total. The van der Waals surface area contributed by atoms with E-state index in [0.717, 1.165) is 41.5 Å². The number of ether oxygens (including phenoxy) is 9. The average molecular weight is 579 g/mol. The lowest BCUT2D eigenvalue weighted by atomic mass is 9.97. The number of esters is 6. The maximum Gasteiger partial charge on any atom is 0.303 e. The van der Waals surface area contributed by atoms with Gasteiger partial charge in [-0.1, -0.05) is 0 Å². The summed E-state index contributed by atoms with van der Waals surface area (Å²) in [5.74, 6) is -4.81. The SMILES string of the molecule is CC(=O)OC1C(OC(C)=O)[C@@H](OC(C)=O)C(C)O[C@H]1OCC1O[C@@H](O)C(OC(C)=O)C(OC(C)=O)[C@@H]1OC(C)=O. The number of carbonyl (C=O) groups is 6. The Morgan fingerprint density at radius 1 is 0.550 bits per heavy atom. The van der Waals surface area contributed by atoms with Crippen LogP contribution in [0.1, 0.15) is 48.5 Å². The molecule has 40 heavy (non-hydrogen) atoms. The Morgan fingerprint density at radius 2 is 0.925 bits per heavy atom. The summed E-state index contributed by atoms with van der Waals surface area (Å²) >= 11 is 0. The molecular weight excluding hydrogens is 544 g/mol.